The highest BCUT2D eigenvalue weighted by Crippen LogP contribution is 2.30. The van der Waals surface area contributed by atoms with Crippen molar-refractivity contribution in [1.82, 2.24) is 9.97 Å². The summed E-state index contributed by atoms with van der Waals surface area (Å²) in [4.78, 5) is 7.80. The molecule has 0 aliphatic heterocycles. The van der Waals surface area contributed by atoms with E-state index in [0.717, 1.165) is 40.3 Å². The van der Waals surface area contributed by atoms with Gasteiger partial charge in [0.15, 0.2) is 5.17 Å². The van der Waals surface area contributed by atoms with Crippen LogP contribution in [0.5, 0.6) is 5.88 Å². The molecule has 2 heterocycles. The third-order valence-electron chi connectivity index (χ3n) is 3.61. The third kappa shape index (κ3) is 3.83. The zero-order valence-corrected chi connectivity index (χ0v) is 14.6. The lowest BCUT2D eigenvalue weighted by atomic mass is 10.1. The molecule has 5 N–H and O–H groups in total. The SMILES string of the molecule is CCCOc1cccc(-c2c[nH]c3ccc(C(=N)SC(=N)N)cc23)n1. The number of nitrogens with one attached hydrogen (secondary N) is 3. The van der Waals surface area contributed by atoms with Crippen LogP contribution >= 0.6 is 11.8 Å². The molecule has 2 aromatic heterocycles. The standard InChI is InChI=1S/C18H19N5OS/c1-2-8-24-16-5-3-4-15(23-16)13-10-22-14-7-6-11(9-12(13)14)17(19)25-18(20)21/h3-7,9-10,19,22H,2,8H2,1H3,(H3,20,21). The van der Waals surface area contributed by atoms with E-state index in [4.69, 9.17) is 21.3 Å². The summed E-state index contributed by atoms with van der Waals surface area (Å²) in [5.74, 6) is 0.602. The van der Waals surface area contributed by atoms with Gasteiger partial charge in [-0.25, -0.2) is 4.98 Å². The van der Waals surface area contributed by atoms with Crippen LogP contribution in [0.15, 0.2) is 42.6 Å². The summed E-state index contributed by atoms with van der Waals surface area (Å²) < 4.78 is 5.62. The molecule has 0 unspecified atom stereocenters. The molecule has 0 saturated carbocycles. The number of pyridine rings is 1. The van der Waals surface area contributed by atoms with E-state index >= 15 is 0 Å². The first-order valence-electron chi connectivity index (χ1n) is 7.90. The number of fused-ring (bicyclic) bond motifs is 1. The van der Waals surface area contributed by atoms with E-state index < -0.39 is 0 Å². The van der Waals surface area contributed by atoms with Gasteiger partial charge in [0, 0.05) is 34.3 Å². The number of thioether (sulfide) groups is 1. The van der Waals surface area contributed by atoms with Gasteiger partial charge in [0.2, 0.25) is 5.88 Å². The largest absolute Gasteiger partial charge is 0.478 e. The Labute approximate surface area is 149 Å². The van der Waals surface area contributed by atoms with Crippen LogP contribution in [0.1, 0.15) is 18.9 Å². The van der Waals surface area contributed by atoms with E-state index in [-0.39, 0.29) is 10.2 Å². The van der Waals surface area contributed by atoms with Crippen molar-refractivity contribution in [3.63, 3.8) is 0 Å². The smallest absolute Gasteiger partial charge is 0.213 e. The van der Waals surface area contributed by atoms with Gasteiger partial charge in [0.05, 0.1) is 12.3 Å². The summed E-state index contributed by atoms with van der Waals surface area (Å²) in [5, 5.41) is 16.5. The van der Waals surface area contributed by atoms with Crippen molar-refractivity contribution in [2.75, 3.05) is 6.61 Å². The van der Waals surface area contributed by atoms with E-state index in [0.29, 0.717) is 18.1 Å². The Morgan fingerprint density at radius 2 is 2.12 bits per heavy atom. The van der Waals surface area contributed by atoms with E-state index in [1.807, 2.05) is 42.6 Å². The minimum atomic E-state index is -0.0955. The second kappa shape index (κ2) is 7.40. The van der Waals surface area contributed by atoms with Crippen molar-refractivity contribution in [2.45, 2.75) is 13.3 Å². The Bertz CT molecular complexity index is 934. The van der Waals surface area contributed by atoms with Gasteiger partial charge < -0.3 is 15.5 Å². The molecule has 128 valence electrons. The summed E-state index contributed by atoms with van der Waals surface area (Å²) in [7, 11) is 0. The molecule has 0 aliphatic rings. The van der Waals surface area contributed by atoms with Crippen LogP contribution in [0.2, 0.25) is 0 Å². The lowest BCUT2D eigenvalue weighted by molar-refractivity contribution is 0.305. The van der Waals surface area contributed by atoms with Crippen LogP contribution in [0.3, 0.4) is 0 Å². The van der Waals surface area contributed by atoms with Crippen LogP contribution in [-0.2, 0) is 0 Å². The number of H-pyrrole nitrogens is 1. The lowest BCUT2D eigenvalue weighted by Crippen LogP contribution is -2.08. The van der Waals surface area contributed by atoms with Crippen molar-refractivity contribution in [2.24, 2.45) is 5.73 Å². The molecule has 3 rings (SSSR count). The first-order valence-corrected chi connectivity index (χ1v) is 8.72. The quantitative estimate of drug-likeness (QED) is 0.411. The summed E-state index contributed by atoms with van der Waals surface area (Å²) >= 11 is 0.930. The molecule has 25 heavy (non-hydrogen) atoms. The van der Waals surface area contributed by atoms with Crippen molar-refractivity contribution in [3.05, 3.63) is 48.2 Å². The maximum Gasteiger partial charge on any atom is 0.213 e. The normalized spacial score (nSPS) is 10.8. The first kappa shape index (κ1) is 17.0. The van der Waals surface area contributed by atoms with Crippen molar-refractivity contribution >= 4 is 32.9 Å². The third-order valence-corrected chi connectivity index (χ3v) is 4.27. The summed E-state index contributed by atoms with van der Waals surface area (Å²) in [6.45, 7) is 2.69. The Morgan fingerprint density at radius 3 is 2.88 bits per heavy atom. The van der Waals surface area contributed by atoms with Gasteiger partial charge in [-0.1, -0.05) is 19.1 Å². The summed E-state index contributed by atoms with van der Waals surface area (Å²) in [6.07, 6.45) is 2.83. The number of nitrogens with zero attached hydrogens (tertiary/aromatic N) is 1. The van der Waals surface area contributed by atoms with Crippen molar-refractivity contribution in [1.29, 1.82) is 10.8 Å². The predicted octanol–water partition coefficient (Wildman–Crippen LogP) is 3.97. The molecule has 0 amide bonds. The zero-order chi connectivity index (χ0) is 17.8. The highest BCUT2D eigenvalue weighted by molar-refractivity contribution is 8.26. The van der Waals surface area contributed by atoms with Crippen molar-refractivity contribution in [3.8, 4) is 17.1 Å². The number of hydrogen-bond acceptors (Lipinski definition) is 5. The van der Waals surface area contributed by atoms with Crippen molar-refractivity contribution < 1.29 is 4.74 Å². The molecule has 0 saturated heterocycles. The van der Waals surface area contributed by atoms with Gasteiger partial charge in [-0.2, -0.15) is 0 Å². The second-order valence-electron chi connectivity index (χ2n) is 5.47. The fourth-order valence-electron chi connectivity index (χ4n) is 2.49. The number of hydrogen-bond donors (Lipinski definition) is 4. The highest BCUT2D eigenvalue weighted by atomic mass is 32.2. The highest BCUT2D eigenvalue weighted by Gasteiger charge is 2.11. The summed E-state index contributed by atoms with van der Waals surface area (Å²) in [6, 6.07) is 11.4. The van der Waals surface area contributed by atoms with Gasteiger partial charge in [0.1, 0.15) is 5.04 Å². The average molecular weight is 353 g/mol. The molecule has 0 spiro atoms. The Hall–Kier alpha value is -2.80. The fraction of sp³-hybridized carbons (Fsp3) is 0.167. The molecule has 0 aliphatic carbocycles. The Kier molecular flexibility index (Phi) is 5.04. The van der Waals surface area contributed by atoms with Crippen LogP contribution in [-0.4, -0.2) is 26.8 Å². The molecule has 0 bridgehead atoms. The number of ether oxygens (including phenoxy) is 1. The molecular formula is C18H19N5OS. The van der Waals surface area contributed by atoms with Gasteiger partial charge >= 0.3 is 0 Å². The monoisotopic (exact) mass is 353 g/mol. The minimum Gasteiger partial charge on any atom is -0.478 e. The van der Waals surface area contributed by atoms with E-state index in [2.05, 4.69) is 16.9 Å². The number of rotatable bonds is 5. The predicted molar refractivity (Wildman–Crippen MR) is 104 cm³/mol. The van der Waals surface area contributed by atoms with Crippen LogP contribution in [0, 0.1) is 10.8 Å². The number of amidine groups is 1. The molecule has 6 nitrogen and oxygen atoms in total. The van der Waals surface area contributed by atoms with Crippen LogP contribution < -0.4 is 10.5 Å². The molecular weight excluding hydrogens is 334 g/mol. The van der Waals surface area contributed by atoms with E-state index in [9.17, 15) is 0 Å². The second-order valence-corrected chi connectivity index (χ2v) is 6.52. The van der Waals surface area contributed by atoms with Gasteiger partial charge in [-0.15, -0.1) is 0 Å². The number of benzene rings is 1. The Balaban J connectivity index is 1.99. The number of nitrogens with two attached hydrogens (primary N) is 1. The maximum atomic E-state index is 8.07. The van der Waals surface area contributed by atoms with Crippen LogP contribution in [0.25, 0.3) is 22.2 Å². The fourth-order valence-corrected chi connectivity index (χ4v) is 2.96. The number of aromatic nitrogens is 2. The molecule has 7 heteroatoms. The average Bonchev–Trinajstić information content (AvgIpc) is 3.02. The van der Waals surface area contributed by atoms with Crippen LogP contribution in [0.4, 0.5) is 0 Å². The zero-order valence-electron chi connectivity index (χ0n) is 13.8. The van der Waals surface area contributed by atoms with Gasteiger partial charge in [-0.3, -0.25) is 10.8 Å². The number of aromatic amines is 1. The maximum absolute atomic E-state index is 8.07. The molecule has 0 fully saturated rings. The first-order chi connectivity index (χ1) is 12.1. The van der Waals surface area contributed by atoms with E-state index in [1.54, 1.807) is 0 Å². The molecule has 3 aromatic rings. The molecule has 1 aromatic carbocycles. The molecule has 0 radical (unpaired) electrons. The molecule has 0 atom stereocenters. The Morgan fingerprint density at radius 1 is 1.28 bits per heavy atom. The van der Waals surface area contributed by atoms with Gasteiger partial charge in [-0.05, 0) is 36.4 Å². The topological polar surface area (TPSA) is 112 Å². The lowest BCUT2D eigenvalue weighted by Gasteiger charge is -2.06. The minimum absolute atomic E-state index is 0.0955. The van der Waals surface area contributed by atoms with Gasteiger partial charge in [0.25, 0.3) is 0 Å². The van der Waals surface area contributed by atoms with E-state index in [1.165, 1.54) is 0 Å². The summed E-state index contributed by atoms with van der Waals surface area (Å²) in [5.41, 5.74) is 8.80.